The predicted octanol–water partition coefficient (Wildman–Crippen LogP) is 2.76. The predicted molar refractivity (Wildman–Crippen MR) is 110 cm³/mol. The smallest absolute Gasteiger partial charge is 0.347 e. The Labute approximate surface area is 170 Å². The van der Waals surface area contributed by atoms with Crippen molar-refractivity contribution < 1.29 is 23.9 Å². The van der Waals surface area contributed by atoms with Gasteiger partial charge in [0.15, 0.2) is 12.7 Å². The van der Waals surface area contributed by atoms with E-state index in [2.05, 4.69) is 10.6 Å². The first-order valence-corrected chi connectivity index (χ1v) is 9.41. The lowest BCUT2D eigenvalue weighted by Crippen LogP contribution is -2.37. The molecule has 2 amide bonds. The summed E-state index contributed by atoms with van der Waals surface area (Å²) in [5.74, 6) is -1.01. The highest BCUT2D eigenvalue weighted by atomic mass is 16.6. The molecule has 0 radical (unpaired) electrons. The molecule has 0 aromatic heterocycles. The van der Waals surface area contributed by atoms with Gasteiger partial charge in [0.25, 0.3) is 5.91 Å². The number of rotatable bonds is 9. The molecular weight excluding hydrogens is 372 g/mol. The molecule has 1 atom stereocenters. The SMILES string of the molecule is CC[C@H](Oc1ccccc1)C(=O)OCC(=O)NCC(=O)Nc1c(C)cccc1C. The van der Waals surface area contributed by atoms with E-state index in [9.17, 15) is 14.4 Å². The standard InChI is InChI=1S/C22H26N2O5/c1-4-18(29-17-11-6-5-7-12-17)22(27)28-14-20(26)23-13-19(25)24-21-15(2)9-8-10-16(21)3/h5-12,18H,4,13-14H2,1-3H3,(H,23,26)(H,24,25)/t18-/m0/s1. The largest absolute Gasteiger partial charge is 0.479 e. The molecule has 0 fully saturated rings. The molecule has 154 valence electrons. The van der Waals surface area contributed by atoms with E-state index in [1.807, 2.05) is 38.1 Å². The van der Waals surface area contributed by atoms with E-state index < -0.39 is 24.6 Å². The molecule has 2 rings (SSSR count). The minimum Gasteiger partial charge on any atom is -0.479 e. The van der Waals surface area contributed by atoms with Crippen molar-refractivity contribution in [2.45, 2.75) is 33.3 Å². The number of anilines is 1. The molecule has 0 spiro atoms. The van der Waals surface area contributed by atoms with E-state index in [-0.39, 0.29) is 12.5 Å². The lowest BCUT2D eigenvalue weighted by Gasteiger charge is -2.16. The Morgan fingerprint density at radius 1 is 0.931 bits per heavy atom. The van der Waals surface area contributed by atoms with Gasteiger partial charge in [-0.15, -0.1) is 0 Å². The number of hydrogen-bond acceptors (Lipinski definition) is 5. The molecule has 0 saturated carbocycles. The minimum atomic E-state index is -0.808. The molecular formula is C22H26N2O5. The summed E-state index contributed by atoms with van der Waals surface area (Å²) in [4.78, 5) is 36.1. The number of carbonyl (C=O) groups excluding carboxylic acids is 3. The molecule has 29 heavy (non-hydrogen) atoms. The van der Waals surface area contributed by atoms with Gasteiger partial charge in [-0.2, -0.15) is 0 Å². The maximum absolute atomic E-state index is 12.1. The molecule has 0 unspecified atom stereocenters. The Morgan fingerprint density at radius 3 is 2.21 bits per heavy atom. The quantitative estimate of drug-likeness (QED) is 0.634. The van der Waals surface area contributed by atoms with Gasteiger partial charge in [-0.1, -0.05) is 43.3 Å². The fraction of sp³-hybridized carbons (Fsp3) is 0.318. The van der Waals surface area contributed by atoms with Gasteiger partial charge in [-0.3, -0.25) is 9.59 Å². The summed E-state index contributed by atoms with van der Waals surface area (Å²) in [6, 6.07) is 14.6. The number of para-hydroxylation sites is 2. The second-order valence-electron chi connectivity index (χ2n) is 6.53. The second kappa shape index (κ2) is 10.8. The zero-order valence-corrected chi connectivity index (χ0v) is 16.9. The Bertz CT molecular complexity index is 831. The summed E-state index contributed by atoms with van der Waals surface area (Å²) in [5, 5.41) is 5.21. The molecule has 0 heterocycles. The van der Waals surface area contributed by atoms with Gasteiger partial charge in [0.05, 0.1) is 6.54 Å². The van der Waals surface area contributed by atoms with Crippen LogP contribution in [0.25, 0.3) is 0 Å². The molecule has 2 aromatic rings. The average Bonchev–Trinajstić information content (AvgIpc) is 2.72. The number of benzene rings is 2. The van der Waals surface area contributed by atoms with E-state index in [0.717, 1.165) is 16.8 Å². The number of aryl methyl sites for hydroxylation is 2. The van der Waals surface area contributed by atoms with Crippen LogP contribution in [-0.4, -0.2) is 37.0 Å². The number of carbonyl (C=O) groups is 3. The number of nitrogens with one attached hydrogen (secondary N) is 2. The van der Waals surface area contributed by atoms with Gasteiger partial charge in [-0.25, -0.2) is 4.79 Å². The topological polar surface area (TPSA) is 93.7 Å². The Hall–Kier alpha value is -3.35. The van der Waals surface area contributed by atoms with Crippen molar-refractivity contribution in [3.8, 4) is 5.75 Å². The summed E-state index contributed by atoms with van der Waals surface area (Å²) in [6.45, 7) is 4.86. The summed E-state index contributed by atoms with van der Waals surface area (Å²) in [6.07, 6.45) is -0.411. The van der Waals surface area contributed by atoms with Crippen molar-refractivity contribution in [3.63, 3.8) is 0 Å². The molecule has 0 aliphatic rings. The lowest BCUT2D eigenvalue weighted by atomic mass is 10.1. The zero-order valence-electron chi connectivity index (χ0n) is 16.9. The molecule has 2 aromatic carbocycles. The Morgan fingerprint density at radius 2 is 1.59 bits per heavy atom. The number of ether oxygens (including phenoxy) is 2. The third-order valence-corrected chi connectivity index (χ3v) is 4.19. The van der Waals surface area contributed by atoms with E-state index >= 15 is 0 Å². The summed E-state index contributed by atoms with van der Waals surface area (Å²) >= 11 is 0. The third-order valence-electron chi connectivity index (χ3n) is 4.19. The van der Waals surface area contributed by atoms with Crippen LogP contribution in [0.3, 0.4) is 0 Å². The average molecular weight is 398 g/mol. The molecule has 0 bridgehead atoms. The monoisotopic (exact) mass is 398 g/mol. The van der Waals surface area contributed by atoms with Crippen molar-refractivity contribution >= 4 is 23.5 Å². The number of amides is 2. The Balaban J connectivity index is 1.75. The first-order valence-electron chi connectivity index (χ1n) is 9.41. The highest BCUT2D eigenvalue weighted by Gasteiger charge is 2.21. The van der Waals surface area contributed by atoms with E-state index in [1.165, 1.54) is 0 Å². The van der Waals surface area contributed by atoms with Gasteiger partial charge in [0, 0.05) is 5.69 Å². The van der Waals surface area contributed by atoms with Crippen LogP contribution in [0.2, 0.25) is 0 Å². The second-order valence-corrected chi connectivity index (χ2v) is 6.53. The van der Waals surface area contributed by atoms with Crippen molar-refractivity contribution in [3.05, 3.63) is 59.7 Å². The molecule has 0 aliphatic heterocycles. The molecule has 7 heteroatoms. The van der Waals surface area contributed by atoms with Gasteiger partial charge >= 0.3 is 5.97 Å². The highest BCUT2D eigenvalue weighted by Crippen LogP contribution is 2.19. The van der Waals surface area contributed by atoms with Gasteiger partial charge in [0.2, 0.25) is 5.91 Å². The van der Waals surface area contributed by atoms with Gasteiger partial charge < -0.3 is 20.1 Å². The lowest BCUT2D eigenvalue weighted by molar-refractivity contribution is -0.155. The maximum Gasteiger partial charge on any atom is 0.347 e. The van der Waals surface area contributed by atoms with E-state index in [1.54, 1.807) is 31.2 Å². The van der Waals surface area contributed by atoms with Crippen LogP contribution in [0.1, 0.15) is 24.5 Å². The third kappa shape index (κ3) is 6.95. The van der Waals surface area contributed by atoms with Gasteiger partial charge in [0.1, 0.15) is 5.75 Å². The van der Waals surface area contributed by atoms with Crippen LogP contribution in [-0.2, 0) is 19.1 Å². The van der Waals surface area contributed by atoms with Crippen LogP contribution >= 0.6 is 0 Å². The minimum absolute atomic E-state index is 0.220. The van der Waals surface area contributed by atoms with Crippen LogP contribution < -0.4 is 15.4 Å². The van der Waals surface area contributed by atoms with E-state index in [0.29, 0.717) is 12.2 Å². The normalized spacial score (nSPS) is 11.3. The summed E-state index contributed by atoms with van der Waals surface area (Å²) in [5.41, 5.74) is 2.59. The molecule has 0 aliphatic carbocycles. The maximum atomic E-state index is 12.1. The molecule has 0 saturated heterocycles. The van der Waals surface area contributed by atoms with Crippen LogP contribution in [0.15, 0.2) is 48.5 Å². The first kappa shape index (κ1) is 21.9. The summed E-state index contributed by atoms with van der Waals surface area (Å²) in [7, 11) is 0. The van der Waals surface area contributed by atoms with Crippen LogP contribution in [0, 0.1) is 13.8 Å². The van der Waals surface area contributed by atoms with Crippen molar-refractivity contribution in [1.82, 2.24) is 5.32 Å². The fourth-order valence-corrected chi connectivity index (χ4v) is 2.62. The van der Waals surface area contributed by atoms with Gasteiger partial charge in [-0.05, 0) is 43.5 Å². The van der Waals surface area contributed by atoms with Crippen LogP contribution in [0.5, 0.6) is 5.75 Å². The first-order chi connectivity index (χ1) is 13.9. The molecule has 7 nitrogen and oxygen atoms in total. The van der Waals surface area contributed by atoms with Crippen molar-refractivity contribution in [2.24, 2.45) is 0 Å². The highest BCUT2D eigenvalue weighted by molar-refractivity contribution is 5.96. The fourth-order valence-electron chi connectivity index (χ4n) is 2.62. The van der Waals surface area contributed by atoms with Crippen molar-refractivity contribution in [1.29, 1.82) is 0 Å². The number of esters is 1. The zero-order chi connectivity index (χ0) is 21.2. The number of hydrogen-bond donors (Lipinski definition) is 2. The molecule has 2 N–H and O–H groups in total. The van der Waals surface area contributed by atoms with Crippen molar-refractivity contribution in [2.75, 3.05) is 18.5 Å². The summed E-state index contributed by atoms with van der Waals surface area (Å²) < 4.78 is 10.6. The Kier molecular flexibility index (Phi) is 8.21. The van der Waals surface area contributed by atoms with E-state index in [4.69, 9.17) is 9.47 Å². The van der Waals surface area contributed by atoms with Crippen LogP contribution in [0.4, 0.5) is 5.69 Å².